The Bertz CT molecular complexity index is 624. The topological polar surface area (TPSA) is 53.2 Å². The van der Waals surface area contributed by atoms with E-state index >= 15 is 0 Å². The number of nitrogens with zero attached hydrogens (tertiary/aromatic N) is 1. The van der Waals surface area contributed by atoms with Crippen molar-refractivity contribution < 1.29 is 9.59 Å². The molecule has 0 aliphatic carbocycles. The molecule has 0 spiro atoms. The van der Waals surface area contributed by atoms with E-state index in [0.29, 0.717) is 5.56 Å². The lowest BCUT2D eigenvalue weighted by Gasteiger charge is -2.14. The summed E-state index contributed by atoms with van der Waals surface area (Å²) in [5, 5.41) is 0.890. The molecule has 0 unspecified atom stereocenters. The number of aromatic nitrogens is 1. The molecule has 98 valence electrons. The van der Waals surface area contributed by atoms with Crippen LogP contribution in [0.4, 0.5) is 0 Å². The molecule has 1 N–H and O–H groups in total. The Kier molecular flexibility index (Phi) is 3.07. The monoisotopic (exact) mass is 256 g/mol. The van der Waals surface area contributed by atoms with Gasteiger partial charge in [0.1, 0.15) is 0 Å². The fourth-order valence-electron chi connectivity index (χ4n) is 2.61. The van der Waals surface area contributed by atoms with E-state index in [1.807, 2.05) is 24.3 Å². The van der Waals surface area contributed by atoms with Gasteiger partial charge in [-0.25, -0.2) is 0 Å². The van der Waals surface area contributed by atoms with E-state index in [0.717, 1.165) is 36.8 Å². The summed E-state index contributed by atoms with van der Waals surface area (Å²) in [5.41, 5.74) is 1.54. The standard InChI is InChI=1S/C15H16N2O2/c18-14(9-15(19)17-7-3-4-8-17)12-10-16-13-6-2-1-5-11(12)13/h1-2,5-6,10,16H,3-4,7-9H2. The van der Waals surface area contributed by atoms with Crippen LogP contribution in [0.3, 0.4) is 0 Å². The second-order valence-corrected chi connectivity index (χ2v) is 4.94. The zero-order chi connectivity index (χ0) is 13.2. The Morgan fingerprint density at radius 1 is 1.16 bits per heavy atom. The van der Waals surface area contributed by atoms with Gasteiger partial charge in [-0.3, -0.25) is 9.59 Å². The fraction of sp³-hybridized carbons (Fsp3) is 0.333. The highest BCUT2D eigenvalue weighted by molar-refractivity contribution is 6.14. The van der Waals surface area contributed by atoms with Gasteiger partial charge in [0.05, 0.1) is 6.42 Å². The summed E-state index contributed by atoms with van der Waals surface area (Å²) in [6.45, 7) is 1.58. The lowest BCUT2D eigenvalue weighted by atomic mass is 10.1. The summed E-state index contributed by atoms with van der Waals surface area (Å²) < 4.78 is 0. The lowest BCUT2D eigenvalue weighted by Crippen LogP contribution is -2.29. The number of likely N-dealkylation sites (tertiary alicyclic amines) is 1. The van der Waals surface area contributed by atoms with E-state index in [-0.39, 0.29) is 18.1 Å². The number of hydrogen-bond donors (Lipinski definition) is 1. The zero-order valence-corrected chi connectivity index (χ0v) is 10.7. The minimum atomic E-state index is -0.102. The first-order valence-corrected chi connectivity index (χ1v) is 6.63. The van der Waals surface area contributed by atoms with Gasteiger partial charge in [-0.1, -0.05) is 18.2 Å². The quantitative estimate of drug-likeness (QED) is 0.677. The normalized spacial score (nSPS) is 15.1. The first-order chi connectivity index (χ1) is 9.25. The summed E-state index contributed by atoms with van der Waals surface area (Å²) in [7, 11) is 0. The van der Waals surface area contributed by atoms with Crippen molar-refractivity contribution >= 4 is 22.6 Å². The maximum Gasteiger partial charge on any atom is 0.230 e. The maximum atomic E-state index is 12.2. The third kappa shape index (κ3) is 2.26. The zero-order valence-electron chi connectivity index (χ0n) is 10.7. The Morgan fingerprint density at radius 2 is 1.89 bits per heavy atom. The van der Waals surface area contributed by atoms with Crippen LogP contribution in [0.2, 0.25) is 0 Å². The number of nitrogens with one attached hydrogen (secondary N) is 1. The molecule has 1 aromatic heterocycles. The van der Waals surface area contributed by atoms with E-state index in [2.05, 4.69) is 4.98 Å². The number of para-hydroxylation sites is 1. The van der Waals surface area contributed by atoms with Crippen LogP contribution in [-0.4, -0.2) is 34.7 Å². The molecule has 3 rings (SSSR count). The molecule has 1 aliphatic heterocycles. The number of carbonyl (C=O) groups is 2. The molecule has 4 nitrogen and oxygen atoms in total. The molecule has 0 radical (unpaired) electrons. The predicted molar refractivity (Wildman–Crippen MR) is 73.1 cm³/mol. The van der Waals surface area contributed by atoms with Gasteiger partial charge in [0, 0.05) is 35.8 Å². The molecule has 4 heteroatoms. The highest BCUT2D eigenvalue weighted by Gasteiger charge is 2.22. The number of hydrogen-bond acceptors (Lipinski definition) is 2. The molecule has 1 aliphatic rings. The minimum absolute atomic E-state index is 0.0259. The van der Waals surface area contributed by atoms with Crippen molar-refractivity contribution in [1.29, 1.82) is 0 Å². The van der Waals surface area contributed by atoms with Gasteiger partial charge >= 0.3 is 0 Å². The molecule has 2 heterocycles. The van der Waals surface area contributed by atoms with E-state index in [1.54, 1.807) is 11.1 Å². The molecule has 1 fully saturated rings. The van der Waals surface area contributed by atoms with Gasteiger partial charge in [-0.15, -0.1) is 0 Å². The van der Waals surface area contributed by atoms with Crippen molar-refractivity contribution in [3.8, 4) is 0 Å². The van der Waals surface area contributed by atoms with E-state index in [1.165, 1.54) is 0 Å². The molecular weight excluding hydrogens is 240 g/mol. The molecule has 0 bridgehead atoms. The molecule has 0 saturated carbocycles. The van der Waals surface area contributed by atoms with Gasteiger partial charge in [0.2, 0.25) is 5.91 Å². The number of H-pyrrole nitrogens is 1. The smallest absolute Gasteiger partial charge is 0.230 e. The van der Waals surface area contributed by atoms with Gasteiger partial charge < -0.3 is 9.88 Å². The molecule has 2 aromatic rings. The van der Waals surface area contributed by atoms with Gasteiger partial charge in [-0.05, 0) is 18.9 Å². The number of carbonyl (C=O) groups excluding carboxylic acids is 2. The Labute approximate surface area is 111 Å². The highest BCUT2D eigenvalue weighted by atomic mass is 16.2. The molecule has 19 heavy (non-hydrogen) atoms. The number of Topliss-reactive ketones (excluding diaryl/α,β-unsaturated/α-hetero) is 1. The number of benzene rings is 1. The second-order valence-electron chi connectivity index (χ2n) is 4.94. The number of aromatic amines is 1. The van der Waals surface area contributed by atoms with Crippen LogP contribution in [0.15, 0.2) is 30.5 Å². The average molecular weight is 256 g/mol. The first-order valence-electron chi connectivity index (χ1n) is 6.63. The summed E-state index contributed by atoms with van der Waals surface area (Å²) in [5.74, 6) is -0.151. The predicted octanol–water partition coefficient (Wildman–Crippen LogP) is 2.36. The van der Waals surface area contributed by atoms with Crippen molar-refractivity contribution in [2.45, 2.75) is 19.3 Å². The summed E-state index contributed by atoms with van der Waals surface area (Å²) >= 11 is 0. The molecule has 1 aromatic carbocycles. The molecule has 1 saturated heterocycles. The number of rotatable bonds is 3. The average Bonchev–Trinajstić information content (AvgIpc) is 3.08. The second kappa shape index (κ2) is 4.88. The van der Waals surface area contributed by atoms with Crippen molar-refractivity contribution in [2.75, 3.05) is 13.1 Å². The maximum absolute atomic E-state index is 12.2. The van der Waals surface area contributed by atoms with E-state index < -0.39 is 0 Å². The van der Waals surface area contributed by atoms with Crippen molar-refractivity contribution in [2.24, 2.45) is 0 Å². The SMILES string of the molecule is O=C(CC(=O)N1CCCC1)c1c[nH]c2ccccc12. The Balaban J connectivity index is 1.78. The first kappa shape index (κ1) is 12.0. The molecule has 1 amide bonds. The largest absolute Gasteiger partial charge is 0.360 e. The number of fused-ring (bicyclic) bond motifs is 1. The van der Waals surface area contributed by atoms with Gasteiger partial charge in [0.25, 0.3) is 0 Å². The third-order valence-corrected chi connectivity index (χ3v) is 3.66. The Hall–Kier alpha value is -2.10. The van der Waals surface area contributed by atoms with Crippen molar-refractivity contribution in [3.63, 3.8) is 0 Å². The van der Waals surface area contributed by atoms with Crippen LogP contribution in [0.25, 0.3) is 10.9 Å². The summed E-state index contributed by atoms with van der Waals surface area (Å²) in [4.78, 5) is 29.1. The van der Waals surface area contributed by atoms with Crippen LogP contribution < -0.4 is 0 Å². The van der Waals surface area contributed by atoms with Crippen molar-refractivity contribution in [1.82, 2.24) is 9.88 Å². The van der Waals surface area contributed by atoms with Gasteiger partial charge in [-0.2, -0.15) is 0 Å². The van der Waals surface area contributed by atoms with Crippen molar-refractivity contribution in [3.05, 3.63) is 36.0 Å². The van der Waals surface area contributed by atoms with Crippen LogP contribution >= 0.6 is 0 Å². The van der Waals surface area contributed by atoms with E-state index in [4.69, 9.17) is 0 Å². The van der Waals surface area contributed by atoms with Crippen LogP contribution in [-0.2, 0) is 4.79 Å². The van der Waals surface area contributed by atoms with Gasteiger partial charge in [0.15, 0.2) is 5.78 Å². The fourth-order valence-corrected chi connectivity index (χ4v) is 2.61. The van der Waals surface area contributed by atoms with Crippen LogP contribution in [0.5, 0.6) is 0 Å². The van der Waals surface area contributed by atoms with Crippen LogP contribution in [0, 0.1) is 0 Å². The Morgan fingerprint density at radius 3 is 2.68 bits per heavy atom. The lowest BCUT2D eigenvalue weighted by molar-refractivity contribution is -0.129. The minimum Gasteiger partial charge on any atom is -0.360 e. The molecule has 0 atom stereocenters. The number of ketones is 1. The highest BCUT2D eigenvalue weighted by Crippen LogP contribution is 2.20. The number of amides is 1. The van der Waals surface area contributed by atoms with E-state index in [9.17, 15) is 9.59 Å². The third-order valence-electron chi connectivity index (χ3n) is 3.66. The van der Waals surface area contributed by atoms with Crippen LogP contribution in [0.1, 0.15) is 29.6 Å². The summed E-state index contributed by atoms with van der Waals surface area (Å²) in [6.07, 6.45) is 3.77. The molecular formula is C15H16N2O2. The summed E-state index contributed by atoms with van der Waals surface area (Å²) in [6, 6.07) is 7.64.